The molecule has 0 atom stereocenters. The second-order valence-electron chi connectivity index (χ2n) is 2.99. The average Bonchev–Trinajstić information content (AvgIpc) is 2.28. The van der Waals surface area contributed by atoms with Gasteiger partial charge in [0.2, 0.25) is 0 Å². The van der Waals surface area contributed by atoms with Crippen LogP contribution in [0.15, 0.2) is 6.20 Å². The molecule has 2 nitrogen and oxygen atoms in total. The fourth-order valence-electron chi connectivity index (χ4n) is 1.07. The molecule has 0 amide bonds. The van der Waals surface area contributed by atoms with E-state index in [2.05, 4.69) is 5.10 Å². The first-order valence-corrected chi connectivity index (χ1v) is 4.14. The molecule has 0 unspecified atom stereocenters. The van der Waals surface area contributed by atoms with E-state index in [9.17, 15) is 12.9 Å². The second-order valence-corrected chi connectivity index (χ2v) is 3.40. The molecule has 1 rings (SSSR count). The van der Waals surface area contributed by atoms with Crippen molar-refractivity contribution in [3.63, 3.8) is 0 Å². The molecule has 0 aliphatic heterocycles. The van der Waals surface area contributed by atoms with Gasteiger partial charge in [-0.1, -0.05) is 11.6 Å². The summed E-state index contributed by atoms with van der Waals surface area (Å²) in [5.74, 6) is 0. The van der Waals surface area contributed by atoms with Crippen LogP contribution < -0.4 is 57.0 Å². The van der Waals surface area contributed by atoms with Gasteiger partial charge in [-0.25, -0.2) is 0 Å². The fourth-order valence-corrected chi connectivity index (χ4v) is 1.32. The van der Waals surface area contributed by atoms with Crippen LogP contribution in [-0.4, -0.2) is 16.8 Å². The Morgan fingerprint density at radius 2 is 1.93 bits per heavy atom. The van der Waals surface area contributed by atoms with Gasteiger partial charge in [-0.3, -0.25) is 4.68 Å². The summed E-state index contributed by atoms with van der Waals surface area (Å²) in [5, 5.41) is 3.23. The van der Waals surface area contributed by atoms with Crippen molar-refractivity contribution in [3.05, 3.63) is 11.2 Å². The maximum Gasteiger partial charge on any atom is 1.00 e. The van der Waals surface area contributed by atoms with E-state index < -0.39 is 12.6 Å². The molecule has 14 heavy (non-hydrogen) atoms. The summed E-state index contributed by atoms with van der Waals surface area (Å²) in [6.07, 6.45) is 1.02. The Labute approximate surface area is 128 Å². The third-order valence-electron chi connectivity index (χ3n) is 1.59. The summed E-state index contributed by atoms with van der Waals surface area (Å²) in [6.45, 7) is -1.85. The summed E-state index contributed by atoms with van der Waals surface area (Å²) in [4.78, 5) is 0. The normalized spacial score (nSPS) is 11.6. The van der Waals surface area contributed by atoms with Gasteiger partial charge in [0.05, 0.1) is 11.2 Å². The first-order valence-electron chi connectivity index (χ1n) is 3.77. The smallest absolute Gasteiger partial charge is 0.444 e. The first kappa shape index (κ1) is 15.0. The topological polar surface area (TPSA) is 17.8 Å². The van der Waals surface area contributed by atoms with E-state index >= 15 is 0 Å². The van der Waals surface area contributed by atoms with Crippen LogP contribution in [-0.2, 0) is 0 Å². The molecule has 1 aromatic rings. The Hall–Kier alpha value is 0.991. The van der Waals surface area contributed by atoms with Gasteiger partial charge in [0.1, 0.15) is 0 Å². The van der Waals surface area contributed by atoms with Gasteiger partial charge in [-0.2, -0.15) is 5.10 Å². The van der Waals surface area contributed by atoms with Crippen molar-refractivity contribution in [1.29, 1.82) is 0 Å². The number of nitrogens with zero attached hydrogens (tertiary/aromatic N) is 2. The van der Waals surface area contributed by atoms with Gasteiger partial charge in [0.25, 0.3) is 0 Å². The predicted molar refractivity (Wildman–Crippen MR) is 46.3 cm³/mol. The zero-order chi connectivity index (χ0) is 10.2. The van der Waals surface area contributed by atoms with Crippen molar-refractivity contribution in [2.24, 2.45) is 0 Å². The van der Waals surface area contributed by atoms with Crippen LogP contribution >= 0.6 is 11.6 Å². The molecule has 0 radical (unpaired) electrons. The standard InChI is InChI=1S/C6H8BClF3N2.K/c1-4(2)13-6(7(9,10)11)5(8)3-12-13;/h3-4H,1-2H3;/q-1;+1. The van der Waals surface area contributed by atoms with Gasteiger partial charge in [0, 0.05) is 6.04 Å². The minimum Gasteiger partial charge on any atom is -0.444 e. The van der Waals surface area contributed by atoms with E-state index in [1.165, 1.54) is 0 Å². The molecule has 1 heterocycles. The number of hydrogen-bond donors (Lipinski definition) is 0. The molecule has 8 heteroatoms. The molecule has 0 aromatic carbocycles. The van der Waals surface area contributed by atoms with Gasteiger partial charge in [-0.15, -0.1) is 0 Å². The van der Waals surface area contributed by atoms with Crippen molar-refractivity contribution in [1.82, 2.24) is 9.78 Å². The molecule has 74 valence electrons. The molecule has 0 aliphatic rings. The van der Waals surface area contributed by atoms with E-state index in [0.717, 1.165) is 10.9 Å². The van der Waals surface area contributed by atoms with Crippen LogP contribution in [0.4, 0.5) is 12.9 Å². The maximum absolute atomic E-state index is 12.4. The maximum atomic E-state index is 12.4. The number of rotatable bonds is 2. The number of hydrogen-bond acceptors (Lipinski definition) is 1. The van der Waals surface area contributed by atoms with Crippen molar-refractivity contribution < 1.29 is 64.3 Å². The Bertz CT molecular complexity index is 313. The first-order chi connectivity index (χ1) is 5.84. The monoisotopic (exact) mass is 250 g/mol. The van der Waals surface area contributed by atoms with E-state index in [1.54, 1.807) is 13.8 Å². The Morgan fingerprint density at radius 1 is 1.43 bits per heavy atom. The van der Waals surface area contributed by atoms with Crippen LogP contribution in [0.25, 0.3) is 0 Å². The van der Waals surface area contributed by atoms with Crippen LogP contribution in [0.3, 0.4) is 0 Å². The Balaban J connectivity index is 0.00000169. The zero-order valence-corrected chi connectivity index (χ0v) is 12.0. The summed E-state index contributed by atoms with van der Waals surface area (Å²) in [7, 11) is 0. The molecule has 1 aromatic heterocycles. The van der Waals surface area contributed by atoms with Crippen molar-refractivity contribution in [2.45, 2.75) is 19.9 Å². The van der Waals surface area contributed by atoms with Gasteiger partial charge < -0.3 is 12.9 Å². The van der Waals surface area contributed by atoms with Crippen LogP contribution in [0.5, 0.6) is 0 Å². The summed E-state index contributed by atoms with van der Waals surface area (Å²) in [6, 6.07) is -0.342. The third kappa shape index (κ3) is 3.25. The van der Waals surface area contributed by atoms with E-state index in [1.807, 2.05) is 0 Å². The Kier molecular flexibility index (Phi) is 5.74. The molecule has 0 aliphatic carbocycles. The molecular formula is C6H8BClF3KN2. The van der Waals surface area contributed by atoms with E-state index in [-0.39, 0.29) is 62.4 Å². The SMILES string of the molecule is CC(C)n1ncc(Cl)c1[B-](F)(F)F.[K+]. The van der Waals surface area contributed by atoms with E-state index in [4.69, 9.17) is 11.6 Å². The Morgan fingerprint density at radius 3 is 2.21 bits per heavy atom. The average molecular weight is 251 g/mol. The zero-order valence-electron chi connectivity index (χ0n) is 8.14. The van der Waals surface area contributed by atoms with Crippen LogP contribution in [0, 0.1) is 0 Å². The predicted octanol–water partition coefficient (Wildman–Crippen LogP) is -0.824. The molecule has 0 saturated carbocycles. The number of halogens is 4. The third-order valence-corrected chi connectivity index (χ3v) is 1.88. The molecule has 0 fully saturated rings. The van der Waals surface area contributed by atoms with Crippen LogP contribution in [0.1, 0.15) is 19.9 Å². The minimum atomic E-state index is -5.08. The molecule has 0 N–H and O–H groups in total. The van der Waals surface area contributed by atoms with Crippen LogP contribution in [0.2, 0.25) is 5.02 Å². The van der Waals surface area contributed by atoms with E-state index in [0.29, 0.717) is 0 Å². The van der Waals surface area contributed by atoms with Crippen molar-refractivity contribution in [2.75, 3.05) is 0 Å². The molecule has 0 saturated heterocycles. The van der Waals surface area contributed by atoms with Gasteiger partial charge >= 0.3 is 58.4 Å². The second kappa shape index (κ2) is 5.36. The molecule has 0 bridgehead atoms. The van der Waals surface area contributed by atoms with Gasteiger partial charge in [0.15, 0.2) is 0 Å². The summed E-state index contributed by atoms with van der Waals surface area (Å²) in [5.41, 5.74) is -0.823. The molecular weight excluding hydrogens is 242 g/mol. The minimum absolute atomic E-state index is 0. The number of aromatic nitrogens is 2. The van der Waals surface area contributed by atoms with Gasteiger partial charge in [-0.05, 0) is 19.4 Å². The largest absolute Gasteiger partial charge is 1.00 e. The fraction of sp³-hybridized carbons (Fsp3) is 0.500. The van der Waals surface area contributed by atoms with Crippen molar-refractivity contribution in [3.8, 4) is 0 Å². The quantitative estimate of drug-likeness (QED) is 0.627. The summed E-state index contributed by atoms with van der Waals surface area (Å²) < 4.78 is 38.2. The molecule has 0 spiro atoms. The summed E-state index contributed by atoms with van der Waals surface area (Å²) >= 11 is 5.39. The van der Waals surface area contributed by atoms with Crippen molar-refractivity contribution >= 4 is 24.2 Å².